The number of benzene rings is 3. The van der Waals surface area contributed by atoms with E-state index in [1.54, 1.807) is 52.7 Å². The SMILES string of the molecule is COc1cccc(/C=C/c2cc(OC)c(OC)c(OC)c2)c1NC(=O)/C=C/c1ccc(N)cc1. The molecule has 0 fully saturated rings. The van der Waals surface area contributed by atoms with Crippen molar-refractivity contribution < 1.29 is 23.7 Å². The van der Waals surface area contributed by atoms with Crippen LogP contribution in [0.15, 0.2) is 60.7 Å². The minimum Gasteiger partial charge on any atom is -0.495 e. The molecule has 0 radical (unpaired) electrons. The van der Waals surface area contributed by atoms with Crippen molar-refractivity contribution in [2.45, 2.75) is 0 Å². The Morgan fingerprint density at radius 3 is 2.00 bits per heavy atom. The van der Waals surface area contributed by atoms with E-state index in [0.29, 0.717) is 34.4 Å². The van der Waals surface area contributed by atoms with Crippen LogP contribution in [0, 0.1) is 0 Å². The average Bonchev–Trinajstić information content (AvgIpc) is 2.86. The average molecular weight is 461 g/mol. The molecule has 0 spiro atoms. The minimum atomic E-state index is -0.288. The van der Waals surface area contributed by atoms with Crippen LogP contribution >= 0.6 is 0 Å². The number of rotatable bonds is 9. The van der Waals surface area contributed by atoms with Crippen molar-refractivity contribution in [2.24, 2.45) is 0 Å². The summed E-state index contributed by atoms with van der Waals surface area (Å²) < 4.78 is 21.7. The number of nitrogen functional groups attached to an aromatic ring is 1. The number of nitrogens with two attached hydrogens (primary N) is 1. The molecule has 7 heteroatoms. The second-order valence-electron chi connectivity index (χ2n) is 7.21. The van der Waals surface area contributed by atoms with Crippen LogP contribution < -0.4 is 30.0 Å². The van der Waals surface area contributed by atoms with Crippen LogP contribution in [0.4, 0.5) is 11.4 Å². The summed E-state index contributed by atoms with van der Waals surface area (Å²) in [7, 11) is 6.25. The van der Waals surface area contributed by atoms with Crippen LogP contribution in [-0.2, 0) is 4.79 Å². The number of hydrogen-bond acceptors (Lipinski definition) is 6. The molecule has 3 aromatic rings. The van der Waals surface area contributed by atoms with Gasteiger partial charge >= 0.3 is 0 Å². The lowest BCUT2D eigenvalue weighted by molar-refractivity contribution is -0.111. The lowest BCUT2D eigenvalue weighted by atomic mass is 10.1. The molecule has 3 rings (SSSR count). The summed E-state index contributed by atoms with van der Waals surface area (Å²) >= 11 is 0. The lowest BCUT2D eigenvalue weighted by Crippen LogP contribution is -2.10. The second-order valence-corrected chi connectivity index (χ2v) is 7.21. The van der Waals surface area contributed by atoms with Gasteiger partial charge in [-0.25, -0.2) is 0 Å². The number of nitrogens with one attached hydrogen (secondary N) is 1. The number of ether oxygens (including phenoxy) is 4. The highest BCUT2D eigenvalue weighted by molar-refractivity contribution is 6.04. The highest BCUT2D eigenvalue weighted by Gasteiger charge is 2.13. The van der Waals surface area contributed by atoms with E-state index in [9.17, 15) is 4.79 Å². The Morgan fingerprint density at radius 2 is 1.41 bits per heavy atom. The Kier molecular flexibility index (Phi) is 8.18. The highest BCUT2D eigenvalue weighted by Crippen LogP contribution is 2.39. The zero-order valence-electron chi connectivity index (χ0n) is 19.6. The first-order valence-corrected chi connectivity index (χ1v) is 10.5. The van der Waals surface area contributed by atoms with E-state index in [1.165, 1.54) is 6.08 Å². The molecule has 0 aliphatic rings. The predicted octanol–water partition coefficient (Wildman–Crippen LogP) is 5.13. The van der Waals surface area contributed by atoms with Crippen LogP contribution in [0.3, 0.4) is 0 Å². The Labute approximate surface area is 199 Å². The molecule has 1 amide bonds. The Morgan fingerprint density at radius 1 is 0.765 bits per heavy atom. The second kappa shape index (κ2) is 11.5. The minimum absolute atomic E-state index is 0.288. The third-order valence-electron chi connectivity index (χ3n) is 5.03. The number of methoxy groups -OCH3 is 4. The molecule has 0 saturated carbocycles. The maximum absolute atomic E-state index is 12.6. The molecular formula is C27H28N2O5. The van der Waals surface area contributed by atoms with Crippen molar-refractivity contribution in [3.05, 3.63) is 77.4 Å². The number of para-hydroxylation sites is 1. The Hall–Kier alpha value is -4.39. The van der Waals surface area contributed by atoms with Crippen LogP contribution in [-0.4, -0.2) is 34.3 Å². The summed E-state index contributed by atoms with van der Waals surface area (Å²) in [6.45, 7) is 0. The van der Waals surface area contributed by atoms with E-state index >= 15 is 0 Å². The fourth-order valence-electron chi connectivity index (χ4n) is 3.32. The van der Waals surface area contributed by atoms with E-state index in [4.69, 9.17) is 24.7 Å². The van der Waals surface area contributed by atoms with Gasteiger partial charge in [-0.2, -0.15) is 0 Å². The molecule has 7 nitrogen and oxygen atoms in total. The van der Waals surface area contributed by atoms with Crippen LogP contribution in [0.1, 0.15) is 16.7 Å². The summed E-state index contributed by atoms with van der Waals surface area (Å²) in [5.41, 5.74) is 9.39. The zero-order valence-corrected chi connectivity index (χ0v) is 19.6. The summed E-state index contributed by atoms with van der Waals surface area (Å²) in [6, 6.07) is 16.5. The molecule has 0 unspecified atom stereocenters. The van der Waals surface area contributed by atoms with Crippen LogP contribution in [0.25, 0.3) is 18.2 Å². The van der Waals surface area contributed by atoms with Crippen LogP contribution in [0.2, 0.25) is 0 Å². The fraction of sp³-hybridized carbons (Fsp3) is 0.148. The fourth-order valence-corrected chi connectivity index (χ4v) is 3.32. The molecule has 3 N–H and O–H groups in total. The van der Waals surface area contributed by atoms with Crippen molar-refractivity contribution in [1.82, 2.24) is 0 Å². The summed E-state index contributed by atoms with van der Waals surface area (Å²) in [5.74, 6) is 1.87. The molecule has 176 valence electrons. The number of carbonyl (C=O) groups excluding carboxylic acids is 1. The van der Waals surface area contributed by atoms with Crippen molar-refractivity contribution in [1.29, 1.82) is 0 Å². The molecule has 3 aromatic carbocycles. The quantitative estimate of drug-likeness (QED) is 0.261. The number of carbonyl (C=O) groups is 1. The summed E-state index contributed by atoms with van der Waals surface area (Å²) in [4.78, 5) is 12.6. The van der Waals surface area contributed by atoms with Crippen molar-refractivity contribution in [3.63, 3.8) is 0 Å². The molecule has 0 saturated heterocycles. The van der Waals surface area contributed by atoms with Gasteiger partial charge in [-0.15, -0.1) is 0 Å². The summed E-state index contributed by atoms with van der Waals surface area (Å²) in [5, 5.41) is 2.92. The first-order valence-electron chi connectivity index (χ1n) is 10.5. The molecule has 0 bridgehead atoms. The van der Waals surface area contributed by atoms with Gasteiger partial charge in [0, 0.05) is 17.3 Å². The van der Waals surface area contributed by atoms with Crippen molar-refractivity contribution >= 4 is 35.5 Å². The smallest absolute Gasteiger partial charge is 0.248 e. The number of anilines is 2. The molecule has 0 aromatic heterocycles. The molecule has 0 heterocycles. The predicted molar refractivity (Wildman–Crippen MR) is 137 cm³/mol. The maximum Gasteiger partial charge on any atom is 0.248 e. The van der Waals surface area contributed by atoms with E-state index in [-0.39, 0.29) is 5.91 Å². The largest absolute Gasteiger partial charge is 0.495 e. The Bertz CT molecular complexity index is 1180. The van der Waals surface area contributed by atoms with Gasteiger partial charge in [-0.05, 0) is 47.5 Å². The van der Waals surface area contributed by atoms with Gasteiger partial charge in [-0.3, -0.25) is 4.79 Å². The summed E-state index contributed by atoms with van der Waals surface area (Å²) in [6.07, 6.45) is 6.95. The van der Waals surface area contributed by atoms with E-state index in [1.807, 2.05) is 48.6 Å². The molecular weight excluding hydrogens is 432 g/mol. The third-order valence-corrected chi connectivity index (χ3v) is 5.03. The number of amides is 1. The maximum atomic E-state index is 12.6. The normalized spacial score (nSPS) is 10.9. The molecule has 0 aliphatic carbocycles. The van der Waals surface area contributed by atoms with Crippen molar-refractivity contribution in [3.8, 4) is 23.0 Å². The lowest BCUT2D eigenvalue weighted by Gasteiger charge is -2.13. The van der Waals surface area contributed by atoms with Gasteiger partial charge in [-0.1, -0.05) is 36.4 Å². The molecule has 0 atom stereocenters. The van der Waals surface area contributed by atoms with Crippen LogP contribution in [0.5, 0.6) is 23.0 Å². The van der Waals surface area contributed by atoms with Crippen molar-refractivity contribution in [2.75, 3.05) is 39.5 Å². The first kappa shape index (κ1) is 24.3. The van der Waals surface area contributed by atoms with E-state index in [0.717, 1.165) is 16.7 Å². The molecule has 34 heavy (non-hydrogen) atoms. The Balaban J connectivity index is 1.88. The van der Waals surface area contributed by atoms with E-state index < -0.39 is 0 Å². The third kappa shape index (κ3) is 5.89. The molecule has 0 aliphatic heterocycles. The van der Waals surface area contributed by atoms with Gasteiger partial charge in [0.25, 0.3) is 0 Å². The zero-order chi connectivity index (χ0) is 24.5. The standard InChI is InChI=1S/C27H28N2O5/c1-31-22-7-5-6-20(12-8-19-16-23(32-2)27(34-4)24(17-19)33-3)26(22)29-25(30)15-11-18-9-13-21(28)14-10-18/h5-17H,28H2,1-4H3,(H,29,30)/b12-8+,15-11+. The van der Waals surface area contributed by atoms with E-state index in [2.05, 4.69) is 5.32 Å². The van der Waals surface area contributed by atoms with Gasteiger partial charge in [0.05, 0.1) is 34.1 Å². The monoisotopic (exact) mass is 460 g/mol. The van der Waals surface area contributed by atoms with Gasteiger partial charge in [0.15, 0.2) is 11.5 Å². The number of hydrogen-bond donors (Lipinski definition) is 2. The van der Waals surface area contributed by atoms with Gasteiger partial charge in [0.2, 0.25) is 11.7 Å². The van der Waals surface area contributed by atoms with Gasteiger partial charge < -0.3 is 30.0 Å². The topological polar surface area (TPSA) is 92.0 Å². The highest BCUT2D eigenvalue weighted by atomic mass is 16.5. The first-order chi connectivity index (χ1) is 16.5. The van der Waals surface area contributed by atoms with Gasteiger partial charge in [0.1, 0.15) is 5.75 Å².